The van der Waals surface area contributed by atoms with E-state index in [1.807, 2.05) is 24.3 Å². The van der Waals surface area contributed by atoms with E-state index < -0.39 is 64.8 Å². The third-order valence-corrected chi connectivity index (χ3v) is 6.66. The number of esters is 2. The van der Waals surface area contributed by atoms with E-state index in [-0.39, 0.29) is 19.4 Å². The first-order chi connectivity index (χ1) is 18.1. The van der Waals surface area contributed by atoms with E-state index >= 15 is 0 Å². The number of hydrogen-bond donors (Lipinski definition) is 1. The molecule has 0 amide bonds. The van der Waals surface area contributed by atoms with Crippen LogP contribution in [0.3, 0.4) is 0 Å². The molecule has 3 aromatic rings. The summed E-state index contributed by atoms with van der Waals surface area (Å²) in [6.07, 6.45) is -0.212. The molecular weight excluding hydrogens is 499 g/mol. The number of nitrogens with two attached hydrogens (primary N) is 1. The van der Waals surface area contributed by atoms with Crippen molar-refractivity contribution in [3.8, 4) is 16.9 Å². The second-order valence-corrected chi connectivity index (χ2v) is 8.64. The summed E-state index contributed by atoms with van der Waals surface area (Å²) >= 11 is 0. The third kappa shape index (κ3) is 3.77. The number of nitrogens with zero attached hydrogens (tertiary/aromatic N) is 1. The maximum atomic E-state index is 14.2. The monoisotopic (exact) mass is 519 g/mol. The third-order valence-electron chi connectivity index (χ3n) is 6.66. The van der Waals surface area contributed by atoms with Gasteiger partial charge in [-0.15, -0.1) is 0 Å². The SMILES string of the molecule is [2H]C(OC(=O)C1(C(=O)Oc2c(F)c(F)c(F)c(F)c2F)CCCN1N)C1c2ccccc2-c2ccccc21. The predicted octanol–water partition coefficient (Wildman–Crippen LogP) is 4.35. The molecule has 192 valence electrons. The highest BCUT2D eigenvalue weighted by Gasteiger charge is 2.57. The zero-order valence-electron chi connectivity index (χ0n) is 19.9. The summed E-state index contributed by atoms with van der Waals surface area (Å²) in [5.41, 5.74) is 0.592. The lowest BCUT2D eigenvalue weighted by Gasteiger charge is -2.31. The quantitative estimate of drug-likeness (QED) is 0.103. The van der Waals surface area contributed by atoms with Crippen LogP contribution in [0.4, 0.5) is 22.0 Å². The van der Waals surface area contributed by atoms with Crippen molar-refractivity contribution in [1.82, 2.24) is 5.01 Å². The first-order valence-corrected chi connectivity index (χ1v) is 11.2. The van der Waals surface area contributed by atoms with Crippen molar-refractivity contribution in [1.29, 1.82) is 0 Å². The van der Waals surface area contributed by atoms with Crippen LogP contribution in [-0.2, 0) is 14.3 Å². The van der Waals surface area contributed by atoms with E-state index in [1.54, 1.807) is 24.3 Å². The summed E-state index contributed by atoms with van der Waals surface area (Å²) in [7, 11) is 0. The highest BCUT2D eigenvalue weighted by atomic mass is 19.2. The molecule has 1 fully saturated rings. The van der Waals surface area contributed by atoms with Crippen molar-refractivity contribution in [3.63, 3.8) is 0 Å². The first kappa shape index (κ1) is 23.6. The van der Waals surface area contributed by atoms with Gasteiger partial charge >= 0.3 is 11.9 Å². The smallest absolute Gasteiger partial charge is 0.345 e. The number of carbonyl (C=O) groups is 2. The van der Waals surface area contributed by atoms with Gasteiger partial charge in [0, 0.05) is 12.5 Å². The van der Waals surface area contributed by atoms with Crippen LogP contribution in [0.15, 0.2) is 48.5 Å². The van der Waals surface area contributed by atoms with Crippen molar-refractivity contribution in [2.24, 2.45) is 5.84 Å². The summed E-state index contributed by atoms with van der Waals surface area (Å²) < 4.78 is 87.7. The standard InChI is InChI=1S/C26H19F5N2O4/c27-18-19(28)21(30)23(22(31)20(18)29)37-25(35)26(10-5-11-33(26)32)24(34)36-12-17-15-8-3-1-6-13(15)14-7-2-4-9-16(14)17/h1-4,6-9,17H,5,10-12,32H2/i12D. The fourth-order valence-electron chi connectivity index (χ4n) is 4.78. The fourth-order valence-corrected chi connectivity index (χ4v) is 4.78. The number of ether oxygens (including phenoxy) is 2. The van der Waals surface area contributed by atoms with Crippen molar-refractivity contribution in [2.45, 2.75) is 24.3 Å². The number of hydrogen-bond acceptors (Lipinski definition) is 6. The average Bonchev–Trinajstić information content (AvgIpc) is 3.47. The fraction of sp³-hybridized carbons (Fsp3) is 0.231. The molecule has 5 rings (SSSR count). The normalized spacial score (nSPS) is 20.2. The molecule has 1 saturated heterocycles. The maximum absolute atomic E-state index is 14.2. The zero-order valence-corrected chi connectivity index (χ0v) is 18.9. The number of carbonyl (C=O) groups excluding carboxylic acids is 2. The van der Waals surface area contributed by atoms with Crippen molar-refractivity contribution in [3.05, 3.63) is 88.7 Å². The van der Waals surface area contributed by atoms with Gasteiger partial charge in [0.25, 0.3) is 0 Å². The van der Waals surface area contributed by atoms with E-state index in [0.29, 0.717) is 16.1 Å². The van der Waals surface area contributed by atoms with Crippen LogP contribution >= 0.6 is 0 Å². The minimum absolute atomic E-state index is 0.0565. The molecule has 2 atom stereocenters. The zero-order chi connectivity index (χ0) is 27.4. The summed E-state index contributed by atoms with van der Waals surface area (Å²) in [6, 6.07) is 14.4. The van der Waals surface area contributed by atoms with Crippen LogP contribution in [0.5, 0.6) is 5.75 Å². The van der Waals surface area contributed by atoms with Gasteiger partial charge in [0.05, 0.1) is 1.37 Å². The van der Waals surface area contributed by atoms with E-state index in [0.717, 1.165) is 11.1 Å². The van der Waals surface area contributed by atoms with E-state index in [4.69, 9.17) is 12.0 Å². The molecular formula is C26H19F5N2O4. The molecule has 0 saturated carbocycles. The van der Waals surface area contributed by atoms with Gasteiger partial charge in [-0.3, -0.25) is 5.84 Å². The van der Waals surface area contributed by atoms with Crippen LogP contribution in [0.2, 0.25) is 0 Å². The van der Waals surface area contributed by atoms with Gasteiger partial charge in [0.2, 0.25) is 40.4 Å². The molecule has 2 unspecified atom stereocenters. The summed E-state index contributed by atoms with van der Waals surface area (Å²) in [5.74, 6) is -11.7. The Balaban J connectivity index is 1.47. The van der Waals surface area contributed by atoms with Crippen molar-refractivity contribution >= 4 is 11.9 Å². The molecule has 1 aliphatic carbocycles. The van der Waals surface area contributed by atoms with Gasteiger partial charge in [-0.1, -0.05) is 48.5 Å². The number of benzene rings is 3. The van der Waals surface area contributed by atoms with Crippen LogP contribution in [0.1, 0.15) is 31.3 Å². The minimum Gasteiger partial charge on any atom is -0.463 e. The average molecular weight is 519 g/mol. The highest BCUT2D eigenvalue weighted by molar-refractivity contribution is 6.06. The van der Waals surface area contributed by atoms with Crippen LogP contribution in [0, 0.1) is 29.1 Å². The Kier molecular flexibility index (Phi) is 5.88. The largest absolute Gasteiger partial charge is 0.463 e. The molecule has 6 nitrogen and oxygen atoms in total. The van der Waals surface area contributed by atoms with Gasteiger partial charge < -0.3 is 9.47 Å². The lowest BCUT2D eigenvalue weighted by molar-refractivity contribution is -0.168. The van der Waals surface area contributed by atoms with Crippen LogP contribution in [0.25, 0.3) is 11.1 Å². The minimum atomic E-state index is -2.49. The van der Waals surface area contributed by atoms with Crippen LogP contribution in [-0.4, -0.2) is 35.6 Å². The number of rotatable bonds is 5. The van der Waals surface area contributed by atoms with Crippen LogP contribution < -0.4 is 10.6 Å². The number of halogens is 5. The van der Waals surface area contributed by atoms with Gasteiger partial charge in [-0.2, -0.15) is 8.78 Å². The Bertz CT molecular complexity index is 1400. The maximum Gasteiger partial charge on any atom is 0.345 e. The molecule has 11 heteroatoms. The lowest BCUT2D eigenvalue weighted by Crippen LogP contribution is -2.61. The van der Waals surface area contributed by atoms with Gasteiger partial charge in [-0.25, -0.2) is 27.8 Å². The molecule has 2 N–H and O–H groups in total. The summed E-state index contributed by atoms with van der Waals surface area (Å²) in [5, 5.41) is 0.715. The summed E-state index contributed by atoms with van der Waals surface area (Å²) in [6.45, 7) is -1.64. The molecule has 2 aliphatic rings. The number of hydrazine groups is 1. The van der Waals surface area contributed by atoms with E-state index in [2.05, 4.69) is 4.74 Å². The second kappa shape index (κ2) is 9.24. The van der Waals surface area contributed by atoms with E-state index in [1.165, 1.54) is 0 Å². The molecule has 0 aromatic heterocycles. The Morgan fingerprint density at radius 2 is 1.41 bits per heavy atom. The predicted molar refractivity (Wildman–Crippen MR) is 119 cm³/mol. The van der Waals surface area contributed by atoms with E-state index in [9.17, 15) is 31.5 Å². The molecule has 1 aliphatic heterocycles. The number of fused-ring (bicyclic) bond motifs is 3. The Morgan fingerprint density at radius 1 is 0.892 bits per heavy atom. The first-order valence-electron chi connectivity index (χ1n) is 11.7. The summed E-state index contributed by atoms with van der Waals surface area (Å²) in [4.78, 5) is 26.5. The van der Waals surface area contributed by atoms with Gasteiger partial charge in [0.1, 0.15) is 6.58 Å². The molecule has 0 bridgehead atoms. The van der Waals surface area contributed by atoms with Crippen molar-refractivity contribution in [2.75, 3.05) is 13.1 Å². The Labute approximate surface area is 208 Å². The van der Waals surface area contributed by atoms with Gasteiger partial charge in [0.15, 0.2) is 0 Å². The highest BCUT2D eigenvalue weighted by Crippen LogP contribution is 2.45. The molecule has 3 aromatic carbocycles. The van der Waals surface area contributed by atoms with Gasteiger partial charge in [-0.05, 0) is 35.1 Å². The Morgan fingerprint density at radius 3 is 1.92 bits per heavy atom. The molecule has 0 radical (unpaired) electrons. The molecule has 1 heterocycles. The topological polar surface area (TPSA) is 81.9 Å². The second-order valence-electron chi connectivity index (χ2n) is 8.64. The molecule has 0 spiro atoms. The molecule has 37 heavy (non-hydrogen) atoms. The Hall–Kier alpha value is -3.83. The van der Waals surface area contributed by atoms with Crippen molar-refractivity contribution < 1.29 is 42.4 Å². The lowest BCUT2D eigenvalue weighted by atomic mass is 9.96.